The first-order valence-electron chi connectivity index (χ1n) is 10.6. The molecule has 4 rings (SSSR count). The van der Waals surface area contributed by atoms with E-state index >= 15 is 0 Å². The van der Waals surface area contributed by atoms with Crippen LogP contribution in [0, 0.1) is 24.5 Å². The molecule has 3 aromatic carbocycles. The molecule has 178 valence electrons. The zero-order valence-corrected chi connectivity index (χ0v) is 19.4. The Balaban J connectivity index is 1.83. The van der Waals surface area contributed by atoms with Crippen LogP contribution in [0.25, 0.3) is 11.1 Å². The number of nitrogens with zero attached hydrogens (tertiary/aromatic N) is 1. The van der Waals surface area contributed by atoms with Crippen LogP contribution in [0.4, 0.5) is 14.5 Å². The van der Waals surface area contributed by atoms with Gasteiger partial charge in [-0.05, 0) is 66.9 Å². The lowest BCUT2D eigenvalue weighted by molar-refractivity contribution is -0.142. The van der Waals surface area contributed by atoms with Gasteiger partial charge in [0.05, 0.1) is 23.0 Å². The lowest BCUT2D eigenvalue weighted by Crippen LogP contribution is -2.44. The van der Waals surface area contributed by atoms with Crippen LogP contribution in [-0.4, -0.2) is 32.1 Å². The number of carbonyl (C=O) groups is 1. The molecule has 1 N–H and O–H groups in total. The van der Waals surface area contributed by atoms with Gasteiger partial charge in [-0.25, -0.2) is 17.2 Å². The number of halogens is 2. The van der Waals surface area contributed by atoms with Gasteiger partial charge in [0.2, 0.25) is 0 Å². The first-order chi connectivity index (χ1) is 16.1. The van der Waals surface area contributed by atoms with Gasteiger partial charge in [-0.2, -0.15) is 0 Å². The number of carboxylic acids is 1. The fourth-order valence-electron chi connectivity index (χ4n) is 3.95. The minimum absolute atomic E-state index is 0.0164. The molecule has 0 saturated heterocycles. The van der Waals surface area contributed by atoms with Crippen molar-refractivity contribution >= 4 is 21.7 Å². The molecule has 9 heteroatoms. The lowest BCUT2D eigenvalue weighted by Gasteiger charge is -2.36. The highest BCUT2D eigenvalue weighted by molar-refractivity contribution is 7.92. The molecule has 0 radical (unpaired) electrons. The molecule has 0 saturated carbocycles. The molecule has 1 heterocycles. The number of anilines is 1. The van der Waals surface area contributed by atoms with Gasteiger partial charge >= 0.3 is 5.97 Å². The minimum Gasteiger partial charge on any atom is -0.486 e. The van der Waals surface area contributed by atoms with Gasteiger partial charge in [-0.3, -0.25) is 9.10 Å². The number of benzene rings is 3. The molecular formula is C25H23F2NO5S. The van der Waals surface area contributed by atoms with Crippen molar-refractivity contribution in [3.05, 3.63) is 77.9 Å². The number of rotatable bonds is 6. The Morgan fingerprint density at radius 1 is 1.15 bits per heavy atom. The summed E-state index contributed by atoms with van der Waals surface area (Å²) in [6.07, 6.45) is -0.621. The predicted molar refractivity (Wildman–Crippen MR) is 123 cm³/mol. The van der Waals surface area contributed by atoms with Crippen LogP contribution in [0.15, 0.2) is 65.6 Å². The summed E-state index contributed by atoms with van der Waals surface area (Å²) >= 11 is 0. The summed E-state index contributed by atoms with van der Waals surface area (Å²) in [6.45, 7) is 3.17. The minimum atomic E-state index is -4.07. The van der Waals surface area contributed by atoms with Crippen LogP contribution in [0.5, 0.6) is 5.75 Å². The first-order valence-corrected chi connectivity index (χ1v) is 12.1. The van der Waals surface area contributed by atoms with E-state index in [-0.39, 0.29) is 40.4 Å². The molecule has 1 aliphatic heterocycles. The van der Waals surface area contributed by atoms with Gasteiger partial charge in [-0.15, -0.1) is 0 Å². The van der Waals surface area contributed by atoms with Crippen molar-refractivity contribution in [2.24, 2.45) is 5.92 Å². The Morgan fingerprint density at radius 2 is 1.91 bits per heavy atom. The number of fused-ring (bicyclic) bond motifs is 1. The van der Waals surface area contributed by atoms with Crippen LogP contribution in [0.3, 0.4) is 0 Å². The summed E-state index contributed by atoms with van der Waals surface area (Å²) in [5.74, 6) is -2.84. The normalized spacial score (nSPS) is 16.5. The molecule has 0 aromatic heterocycles. The molecule has 6 nitrogen and oxygen atoms in total. The smallest absolute Gasteiger partial charge is 0.306 e. The standard InChI is InChI=1S/C25H23F2NO5S/c1-15-4-3-5-20(10-15)34(31,32)28-14-19(11-16(2)25(29)30)33-24-9-6-17(12-23(24)28)21-13-18(26)7-8-22(21)27/h3-10,12-13,16,19H,11,14H2,1-2H3,(H,29,30)/t16-,19-/m0/s1. The quantitative estimate of drug-likeness (QED) is 0.529. The summed E-state index contributed by atoms with van der Waals surface area (Å²) < 4.78 is 62.6. The lowest BCUT2D eigenvalue weighted by atomic mass is 10.0. The summed E-state index contributed by atoms with van der Waals surface area (Å²) in [5.41, 5.74) is 1.18. The van der Waals surface area contributed by atoms with Gasteiger partial charge in [0.25, 0.3) is 10.0 Å². The zero-order chi connectivity index (χ0) is 24.6. The van der Waals surface area contributed by atoms with Crippen LogP contribution in [-0.2, 0) is 14.8 Å². The van der Waals surface area contributed by atoms with Crippen molar-refractivity contribution in [2.75, 3.05) is 10.8 Å². The maximum Gasteiger partial charge on any atom is 0.306 e. The average molecular weight is 488 g/mol. The van der Waals surface area contributed by atoms with Crippen LogP contribution in [0.1, 0.15) is 18.9 Å². The van der Waals surface area contributed by atoms with E-state index in [1.165, 1.54) is 37.3 Å². The maximum absolute atomic E-state index is 14.4. The van der Waals surface area contributed by atoms with Crippen molar-refractivity contribution in [3.63, 3.8) is 0 Å². The highest BCUT2D eigenvalue weighted by atomic mass is 32.2. The highest BCUT2D eigenvalue weighted by Crippen LogP contribution is 2.41. The molecular weight excluding hydrogens is 464 g/mol. The van der Waals surface area contributed by atoms with E-state index in [1.807, 2.05) is 0 Å². The van der Waals surface area contributed by atoms with E-state index in [9.17, 15) is 27.1 Å². The van der Waals surface area contributed by atoms with E-state index in [0.717, 1.165) is 28.1 Å². The van der Waals surface area contributed by atoms with Gasteiger partial charge in [-0.1, -0.05) is 25.1 Å². The number of hydrogen-bond acceptors (Lipinski definition) is 4. The van der Waals surface area contributed by atoms with E-state index in [0.29, 0.717) is 0 Å². The fraction of sp³-hybridized carbons (Fsp3) is 0.240. The fourth-order valence-corrected chi connectivity index (χ4v) is 5.55. The molecule has 0 unspecified atom stereocenters. The van der Waals surface area contributed by atoms with Crippen LogP contribution >= 0.6 is 0 Å². The molecule has 0 amide bonds. The molecule has 2 atom stereocenters. The number of carboxylic acid groups (broad SMARTS) is 1. The molecule has 0 spiro atoms. The largest absolute Gasteiger partial charge is 0.486 e. The number of hydrogen-bond donors (Lipinski definition) is 1. The summed E-state index contributed by atoms with van der Waals surface area (Å²) in [4.78, 5) is 11.4. The first kappa shape index (κ1) is 23.7. The van der Waals surface area contributed by atoms with Gasteiger partial charge in [0, 0.05) is 5.56 Å². The Hall–Kier alpha value is -3.46. The molecule has 0 aliphatic carbocycles. The number of aryl methyl sites for hydroxylation is 1. The van der Waals surface area contributed by atoms with E-state index in [1.54, 1.807) is 19.1 Å². The second-order valence-electron chi connectivity index (χ2n) is 8.37. The summed E-state index contributed by atoms with van der Waals surface area (Å²) in [6, 6.07) is 13.9. The third kappa shape index (κ3) is 4.61. The Kier molecular flexibility index (Phi) is 6.31. The molecule has 3 aromatic rings. The summed E-state index contributed by atoms with van der Waals surface area (Å²) in [5, 5.41) is 9.30. The number of aliphatic carboxylic acids is 1. The SMILES string of the molecule is Cc1cccc(S(=O)(=O)N2C[C@H](C[C@H](C)C(=O)O)Oc3ccc(-c4cc(F)ccc4F)cc32)c1. The average Bonchev–Trinajstić information content (AvgIpc) is 2.79. The van der Waals surface area contributed by atoms with E-state index in [4.69, 9.17) is 4.74 Å². The molecule has 34 heavy (non-hydrogen) atoms. The molecule has 0 bridgehead atoms. The second-order valence-corrected chi connectivity index (χ2v) is 10.2. The van der Waals surface area contributed by atoms with Crippen molar-refractivity contribution in [1.82, 2.24) is 0 Å². The topological polar surface area (TPSA) is 83.9 Å². The maximum atomic E-state index is 14.4. The second kappa shape index (κ2) is 9.06. The zero-order valence-electron chi connectivity index (χ0n) is 18.5. The van der Waals surface area contributed by atoms with E-state index < -0.39 is 39.6 Å². The Labute approximate surface area is 196 Å². The van der Waals surface area contributed by atoms with Crippen molar-refractivity contribution in [3.8, 4) is 16.9 Å². The van der Waals surface area contributed by atoms with Gasteiger partial charge in [0.15, 0.2) is 0 Å². The van der Waals surface area contributed by atoms with Crippen molar-refractivity contribution < 1.29 is 31.8 Å². The molecule has 0 fully saturated rings. The van der Waals surface area contributed by atoms with Crippen LogP contribution < -0.4 is 9.04 Å². The van der Waals surface area contributed by atoms with Crippen molar-refractivity contribution in [2.45, 2.75) is 31.3 Å². The van der Waals surface area contributed by atoms with Crippen LogP contribution in [0.2, 0.25) is 0 Å². The molecule has 1 aliphatic rings. The van der Waals surface area contributed by atoms with Gasteiger partial charge in [0.1, 0.15) is 23.5 Å². The predicted octanol–water partition coefficient (Wildman–Crippen LogP) is 5.01. The summed E-state index contributed by atoms with van der Waals surface area (Å²) in [7, 11) is -4.07. The highest BCUT2D eigenvalue weighted by Gasteiger charge is 2.36. The number of sulfonamides is 1. The van der Waals surface area contributed by atoms with E-state index in [2.05, 4.69) is 0 Å². The number of ether oxygens (including phenoxy) is 1. The Morgan fingerprint density at radius 3 is 2.62 bits per heavy atom. The monoisotopic (exact) mass is 487 g/mol. The van der Waals surface area contributed by atoms with Crippen molar-refractivity contribution in [1.29, 1.82) is 0 Å². The third-order valence-electron chi connectivity index (χ3n) is 5.75. The third-order valence-corrected chi connectivity index (χ3v) is 7.52. The van der Waals surface area contributed by atoms with Gasteiger partial charge < -0.3 is 9.84 Å². The Bertz CT molecular complexity index is 1360.